The van der Waals surface area contributed by atoms with Gasteiger partial charge in [-0.25, -0.2) is 4.98 Å². The number of rotatable bonds is 3. The lowest BCUT2D eigenvalue weighted by molar-refractivity contribution is -0.141. The first-order valence-electron chi connectivity index (χ1n) is 5.88. The average Bonchev–Trinajstić information content (AvgIpc) is 2.38. The number of anilines is 1. The lowest BCUT2D eigenvalue weighted by atomic mass is 10.1. The van der Waals surface area contributed by atoms with Crippen LogP contribution in [0.2, 0.25) is 0 Å². The van der Waals surface area contributed by atoms with Gasteiger partial charge in [-0.2, -0.15) is 13.2 Å². The molecule has 2 aromatic rings. The molecule has 0 spiro atoms. The molecule has 0 aliphatic carbocycles. The number of pyridine rings is 1. The third-order valence-corrected chi connectivity index (χ3v) is 3.95. The summed E-state index contributed by atoms with van der Waals surface area (Å²) in [5.41, 5.74) is 7.20. The molecule has 0 fully saturated rings. The summed E-state index contributed by atoms with van der Waals surface area (Å²) >= 11 is 1.28. The van der Waals surface area contributed by atoms with Gasteiger partial charge in [0.25, 0.3) is 0 Å². The highest BCUT2D eigenvalue weighted by Crippen LogP contribution is 2.34. The molecule has 0 amide bonds. The number of nitrogens with two attached hydrogens (primary N) is 1. The Bertz CT molecular complexity index is 612. The highest BCUT2D eigenvalue weighted by atomic mass is 32.2. The molecular formula is C14H13F3N2S. The number of nitrogens with zero attached hydrogens (tertiary/aromatic N) is 1. The second-order valence-electron chi connectivity index (χ2n) is 4.32. The molecule has 6 heteroatoms. The fraction of sp³-hybridized carbons (Fsp3) is 0.214. The smallest absolute Gasteiger partial charge is 0.397 e. The van der Waals surface area contributed by atoms with Gasteiger partial charge in [0.2, 0.25) is 0 Å². The van der Waals surface area contributed by atoms with E-state index in [1.54, 1.807) is 0 Å². The fourth-order valence-corrected chi connectivity index (χ4v) is 2.70. The molecule has 0 atom stereocenters. The largest absolute Gasteiger partial charge is 0.433 e. The predicted molar refractivity (Wildman–Crippen MR) is 74.4 cm³/mol. The minimum Gasteiger partial charge on any atom is -0.397 e. The van der Waals surface area contributed by atoms with E-state index in [0.29, 0.717) is 10.6 Å². The first-order chi connectivity index (χ1) is 9.38. The summed E-state index contributed by atoms with van der Waals surface area (Å²) in [6, 6.07) is 8.74. The first kappa shape index (κ1) is 14.7. The molecule has 2 rings (SSSR count). The van der Waals surface area contributed by atoms with Gasteiger partial charge in [-0.3, -0.25) is 0 Å². The van der Waals surface area contributed by atoms with Crippen LogP contribution in [-0.2, 0) is 11.9 Å². The van der Waals surface area contributed by atoms with E-state index >= 15 is 0 Å². The van der Waals surface area contributed by atoms with Gasteiger partial charge in [0.1, 0.15) is 5.69 Å². The quantitative estimate of drug-likeness (QED) is 0.859. The summed E-state index contributed by atoms with van der Waals surface area (Å²) in [7, 11) is 0. The summed E-state index contributed by atoms with van der Waals surface area (Å²) in [4.78, 5) is 3.72. The van der Waals surface area contributed by atoms with Crippen molar-refractivity contribution in [3.63, 3.8) is 0 Å². The second-order valence-corrected chi connectivity index (χ2v) is 5.34. The van der Waals surface area contributed by atoms with E-state index in [1.807, 2.05) is 31.2 Å². The van der Waals surface area contributed by atoms with Gasteiger partial charge in [-0.1, -0.05) is 24.3 Å². The molecule has 1 aromatic heterocycles. The van der Waals surface area contributed by atoms with Crippen molar-refractivity contribution in [2.75, 3.05) is 5.73 Å². The van der Waals surface area contributed by atoms with Crippen LogP contribution in [0.15, 0.2) is 41.4 Å². The van der Waals surface area contributed by atoms with Crippen molar-refractivity contribution in [2.45, 2.75) is 23.7 Å². The van der Waals surface area contributed by atoms with Crippen LogP contribution in [0.3, 0.4) is 0 Å². The van der Waals surface area contributed by atoms with E-state index in [-0.39, 0.29) is 5.69 Å². The van der Waals surface area contributed by atoms with Gasteiger partial charge in [0.15, 0.2) is 0 Å². The number of thioether (sulfide) groups is 1. The van der Waals surface area contributed by atoms with Crippen molar-refractivity contribution in [3.8, 4) is 0 Å². The van der Waals surface area contributed by atoms with E-state index in [2.05, 4.69) is 4.98 Å². The van der Waals surface area contributed by atoms with Crippen molar-refractivity contribution < 1.29 is 13.2 Å². The molecule has 2 nitrogen and oxygen atoms in total. The number of benzene rings is 1. The second kappa shape index (κ2) is 5.75. The number of halogens is 3. The van der Waals surface area contributed by atoms with Crippen LogP contribution < -0.4 is 5.73 Å². The third kappa shape index (κ3) is 3.45. The molecule has 0 aliphatic heterocycles. The van der Waals surface area contributed by atoms with Crippen LogP contribution in [0.25, 0.3) is 0 Å². The minimum absolute atomic E-state index is 0.261. The van der Waals surface area contributed by atoms with Crippen LogP contribution >= 0.6 is 11.8 Å². The van der Waals surface area contributed by atoms with Crippen LogP contribution in [-0.4, -0.2) is 4.98 Å². The summed E-state index contributed by atoms with van der Waals surface area (Å²) < 4.78 is 37.8. The van der Waals surface area contributed by atoms with E-state index in [0.717, 1.165) is 23.4 Å². The van der Waals surface area contributed by atoms with E-state index in [4.69, 9.17) is 5.73 Å². The Balaban J connectivity index is 2.19. The normalized spacial score (nSPS) is 11.6. The summed E-state index contributed by atoms with van der Waals surface area (Å²) in [5.74, 6) is 0.568. The standard InChI is InChI=1S/C14H13F3N2S/c1-9-4-2-3-5-10(9)8-20-12-6-13(14(15,16)17)19-7-11(12)18/h2-7H,8,18H2,1H3. The maximum atomic E-state index is 12.6. The van der Waals surface area contributed by atoms with Gasteiger partial charge >= 0.3 is 6.18 Å². The molecule has 0 bridgehead atoms. The highest BCUT2D eigenvalue weighted by molar-refractivity contribution is 7.98. The van der Waals surface area contributed by atoms with Crippen molar-refractivity contribution in [2.24, 2.45) is 0 Å². The lowest BCUT2D eigenvalue weighted by Crippen LogP contribution is -2.08. The van der Waals surface area contributed by atoms with E-state index in [1.165, 1.54) is 11.8 Å². The Labute approximate surface area is 119 Å². The molecule has 1 aromatic carbocycles. The van der Waals surface area contributed by atoms with Gasteiger partial charge in [-0.15, -0.1) is 11.8 Å². The van der Waals surface area contributed by atoms with Crippen molar-refractivity contribution in [3.05, 3.63) is 53.3 Å². The molecular weight excluding hydrogens is 285 g/mol. The van der Waals surface area contributed by atoms with E-state index in [9.17, 15) is 13.2 Å². The Morgan fingerprint density at radius 2 is 1.95 bits per heavy atom. The van der Waals surface area contributed by atoms with Crippen molar-refractivity contribution in [1.29, 1.82) is 0 Å². The molecule has 0 saturated heterocycles. The highest BCUT2D eigenvalue weighted by Gasteiger charge is 2.32. The Hall–Kier alpha value is -1.69. The van der Waals surface area contributed by atoms with Crippen LogP contribution in [0.5, 0.6) is 0 Å². The maximum Gasteiger partial charge on any atom is 0.433 e. The maximum absolute atomic E-state index is 12.6. The Morgan fingerprint density at radius 3 is 2.60 bits per heavy atom. The third-order valence-electron chi connectivity index (χ3n) is 2.83. The van der Waals surface area contributed by atoms with Crippen molar-refractivity contribution >= 4 is 17.4 Å². The SMILES string of the molecule is Cc1ccccc1CSc1cc(C(F)(F)F)ncc1N. The van der Waals surface area contributed by atoms with Crippen LogP contribution in [0.4, 0.5) is 18.9 Å². The van der Waals surface area contributed by atoms with Crippen molar-refractivity contribution in [1.82, 2.24) is 4.98 Å². The molecule has 0 radical (unpaired) electrons. The molecule has 20 heavy (non-hydrogen) atoms. The zero-order valence-corrected chi connectivity index (χ0v) is 11.6. The monoisotopic (exact) mass is 298 g/mol. The zero-order valence-electron chi connectivity index (χ0n) is 10.7. The lowest BCUT2D eigenvalue weighted by Gasteiger charge is -2.10. The summed E-state index contributed by atoms with van der Waals surface area (Å²) in [5, 5.41) is 0. The average molecular weight is 298 g/mol. The number of alkyl halides is 3. The summed E-state index contributed by atoms with van der Waals surface area (Å²) in [6.07, 6.45) is -3.39. The number of nitrogen functional groups attached to an aromatic ring is 1. The number of aryl methyl sites for hydroxylation is 1. The molecule has 2 N–H and O–H groups in total. The number of aromatic nitrogens is 1. The van der Waals surface area contributed by atoms with Gasteiger partial charge in [0.05, 0.1) is 11.9 Å². The van der Waals surface area contributed by atoms with Gasteiger partial charge in [0, 0.05) is 10.6 Å². The van der Waals surface area contributed by atoms with Crippen LogP contribution in [0.1, 0.15) is 16.8 Å². The molecule has 1 heterocycles. The van der Waals surface area contributed by atoms with Crippen LogP contribution in [0, 0.1) is 6.92 Å². The summed E-state index contributed by atoms with van der Waals surface area (Å²) in [6.45, 7) is 1.97. The first-order valence-corrected chi connectivity index (χ1v) is 6.86. The van der Waals surface area contributed by atoms with E-state index < -0.39 is 11.9 Å². The van der Waals surface area contributed by atoms with Gasteiger partial charge in [-0.05, 0) is 24.1 Å². The number of hydrogen-bond acceptors (Lipinski definition) is 3. The number of hydrogen-bond donors (Lipinski definition) is 1. The van der Waals surface area contributed by atoms with Gasteiger partial charge < -0.3 is 5.73 Å². The zero-order chi connectivity index (χ0) is 14.8. The Kier molecular flexibility index (Phi) is 4.23. The molecule has 106 valence electrons. The fourth-order valence-electron chi connectivity index (χ4n) is 1.66. The molecule has 0 saturated carbocycles. The predicted octanol–water partition coefficient (Wildman–Crippen LogP) is 4.28. The molecule has 0 aliphatic rings. The minimum atomic E-state index is -4.45. The molecule has 0 unspecified atom stereocenters. The topological polar surface area (TPSA) is 38.9 Å². The Morgan fingerprint density at radius 1 is 1.25 bits per heavy atom.